The molecular weight excluding hydrogens is 434 g/mol. The zero-order valence-corrected chi connectivity index (χ0v) is 18.1. The van der Waals surface area contributed by atoms with Crippen LogP contribution in [0.15, 0.2) is 40.7 Å². The van der Waals surface area contributed by atoms with Gasteiger partial charge < -0.3 is 19.5 Å². The van der Waals surface area contributed by atoms with Crippen molar-refractivity contribution in [3.63, 3.8) is 0 Å². The summed E-state index contributed by atoms with van der Waals surface area (Å²) in [5.41, 5.74) is 0.638. The molecule has 0 spiro atoms. The second-order valence-corrected chi connectivity index (χ2v) is 7.27. The number of hydrogen-bond acceptors (Lipinski definition) is 7. The Hall–Kier alpha value is -2.51. The number of esters is 3. The van der Waals surface area contributed by atoms with E-state index in [1.165, 1.54) is 13.0 Å². The number of rotatable bonds is 7. The lowest BCUT2D eigenvalue weighted by molar-refractivity contribution is -0.164. The molecule has 162 valence electrons. The Morgan fingerprint density at radius 1 is 1.10 bits per heavy atom. The van der Waals surface area contributed by atoms with Crippen molar-refractivity contribution in [3.05, 3.63) is 56.3 Å². The van der Waals surface area contributed by atoms with Crippen molar-refractivity contribution >= 4 is 41.1 Å². The SMILES string of the molecule is [2H][13C]([2H])([2H])OC(=O)C1=C(C)NC(C)=C(C(=O)OCOC(=O)CCC)[C@@H]1c1cccc(Cl)c1Cl. The van der Waals surface area contributed by atoms with E-state index in [0.717, 1.165) is 0 Å². The van der Waals surface area contributed by atoms with E-state index >= 15 is 0 Å². The minimum absolute atomic E-state index is 0.0474. The molecule has 0 bridgehead atoms. The molecule has 0 unspecified atom stereocenters. The van der Waals surface area contributed by atoms with Crippen LogP contribution in [-0.4, -0.2) is 31.7 Å². The van der Waals surface area contributed by atoms with Crippen LogP contribution in [0.5, 0.6) is 0 Å². The molecular formula is C21H23Cl2NO6. The fourth-order valence-corrected chi connectivity index (χ4v) is 3.56. The lowest BCUT2D eigenvalue weighted by atomic mass is 9.80. The maximum atomic E-state index is 13.0. The van der Waals surface area contributed by atoms with Crippen molar-refractivity contribution in [3.8, 4) is 0 Å². The number of carbonyl (C=O) groups excluding carboxylic acids is 3. The summed E-state index contributed by atoms with van der Waals surface area (Å²) in [6.07, 6.45) is 0.726. The molecule has 7 nitrogen and oxygen atoms in total. The standard InChI is InChI=1S/C21H23Cl2NO6/c1-5-7-15(25)29-10-30-21(27)17-12(3)24-11(2)16(20(26)28-4)18(17)13-8-6-9-14(22)19(13)23/h6,8-9,18,24H,5,7,10H2,1-4H3/t18-/m1/s1/i4+1D3. The van der Waals surface area contributed by atoms with Crippen LogP contribution in [0.2, 0.25) is 10.0 Å². The van der Waals surface area contributed by atoms with E-state index in [-0.39, 0.29) is 38.9 Å². The summed E-state index contributed by atoms with van der Waals surface area (Å²) in [7, 11) is -3.02. The van der Waals surface area contributed by atoms with E-state index in [1.807, 2.05) is 0 Å². The first kappa shape index (κ1) is 19.5. The van der Waals surface area contributed by atoms with Gasteiger partial charge in [0.05, 0.1) is 38.3 Å². The fourth-order valence-electron chi connectivity index (χ4n) is 3.15. The molecule has 0 fully saturated rings. The number of nitrogens with one attached hydrogen (secondary N) is 1. The number of ether oxygens (including phenoxy) is 3. The van der Waals surface area contributed by atoms with Gasteiger partial charge in [-0.15, -0.1) is 0 Å². The third-order valence-corrected chi connectivity index (χ3v) is 5.28. The average Bonchev–Trinajstić information content (AvgIpc) is 2.68. The molecule has 0 saturated carbocycles. The third kappa shape index (κ3) is 5.15. The summed E-state index contributed by atoms with van der Waals surface area (Å²) in [6.45, 7) is 4.26. The molecule has 0 amide bonds. The van der Waals surface area contributed by atoms with E-state index in [4.69, 9.17) is 36.8 Å². The summed E-state index contributed by atoms with van der Waals surface area (Å²) < 4.78 is 36.4. The van der Waals surface area contributed by atoms with Crippen LogP contribution >= 0.6 is 23.2 Å². The zero-order chi connectivity index (χ0) is 24.9. The van der Waals surface area contributed by atoms with Crippen molar-refractivity contribution in [1.29, 1.82) is 0 Å². The van der Waals surface area contributed by atoms with Crippen LogP contribution in [-0.2, 0) is 28.6 Å². The highest BCUT2D eigenvalue weighted by molar-refractivity contribution is 6.42. The van der Waals surface area contributed by atoms with Gasteiger partial charge in [-0.1, -0.05) is 42.3 Å². The van der Waals surface area contributed by atoms with Crippen LogP contribution in [0.3, 0.4) is 0 Å². The number of halogens is 2. The van der Waals surface area contributed by atoms with Crippen LogP contribution in [0, 0.1) is 0 Å². The van der Waals surface area contributed by atoms with Gasteiger partial charge in [-0.05, 0) is 31.9 Å². The number of dihydropyridines is 1. The van der Waals surface area contributed by atoms with E-state index in [2.05, 4.69) is 10.1 Å². The lowest BCUT2D eigenvalue weighted by Crippen LogP contribution is -2.32. The number of carbonyl (C=O) groups is 3. The molecule has 30 heavy (non-hydrogen) atoms. The fraction of sp³-hybridized carbons (Fsp3) is 0.381. The molecule has 1 N–H and O–H groups in total. The molecule has 0 aliphatic carbocycles. The molecule has 1 heterocycles. The quantitative estimate of drug-likeness (QED) is 0.370. The topological polar surface area (TPSA) is 90.9 Å². The Labute approximate surface area is 189 Å². The van der Waals surface area contributed by atoms with Gasteiger partial charge in [-0.3, -0.25) is 4.79 Å². The van der Waals surface area contributed by atoms with Gasteiger partial charge in [0.1, 0.15) is 0 Å². The monoisotopic (exact) mass is 459 g/mol. The maximum Gasteiger partial charge on any atom is 0.339 e. The van der Waals surface area contributed by atoms with Gasteiger partial charge in [0, 0.05) is 17.8 Å². The summed E-state index contributed by atoms with van der Waals surface area (Å²) in [6, 6.07) is 4.63. The Bertz CT molecular complexity index is 1020. The van der Waals surface area contributed by atoms with Crippen LogP contribution in [0.25, 0.3) is 0 Å². The highest BCUT2D eigenvalue weighted by Crippen LogP contribution is 2.43. The zero-order valence-electron chi connectivity index (χ0n) is 19.6. The van der Waals surface area contributed by atoms with E-state index in [1.54, 1.807) is 26.0 Å². The first-order valence-corrected chi connectivity index (χ1v) is 9.81. The Kier molecular flexibility index (Phi) is 6.81. The van der Waals surface area contributed by atoms with Crippen molar-refractivity contribution in [1.82, 2.24) is 5.32 Å². The molecule has 1 aliphatic heterocycles. The number of hydrogen-bond donors (Lipinski definition) is 1. The van der Waals surface area contributed by atoms with E-state index in [9.17, 15) is 14.4 Å². The predicted molar refractivity (Wildman–Crippen MR) is 112 cm³/mol. The van der Waals surface area contributed by atoms with Crippen LogP contribution in [0.1, 0.15) is 49.2 Å². The van der Waals surface area contributed by atoms with Gasteiger partial charge >= 0.3 is 17.9 Å². The van der Waals surface area contributed by atoms with Gasteiger partial charge in [-0.2, -0.15) is 0 Å². The minimum Gasteiger partial charge on any atom is -0.466 e. The van der Waals surface area contributed by atoms with Gasteiger partial charge in [0.15, 0.2) is 0 Å². The molecule has 0 aromatic heterocycles. The maximum absolute atomic E-state index is 13.0. The second kappa shape index (κ2) is 10.5. The van der Waals surface area contributed by atoms with Crippen molar-refractivity contribution in [2.75, 3.05) is 13.8 Å². The van der Waals surface area contributed by atoms with Crippen LogP contribution in [0.4, 0.5) is 0 Å². The summed E-state index contributed by atoms with van der Waals surface area (Å²) in [5, 5.41) is 3.09. The average molecular weight is 460 g/mol. The Balaban J connectivity index is 2.51. The van der Waals surface area contributed by atoms with E-state index < -0.39 is 37.7 Å². The lowest BCUT2D eigenvalue weighted by Gasteiger charge is -2.30. The Morgan fingerprint density at radius 3 is 2.40 bits per heavy atom. The summed E-state index contributed by atoms with van der Waals surface area (Å²) in [5.74, 6) is -3.78. The summed E-state index contributed by atoms with van der Waals surface area (Å²) >= 11 is 12.5. The summed E-state index contributed by atoms with van der Waals surface area (Å²) in [4.78, 5) is 37.4. The minimum atomic E-state index is -3.02. The van der Waals surface area contributed by atoms with Gasteiger partial charge in [0.2, 0.25) is 6.79 Å². The third-order valence-electron chi connectivity index (χ3n) is 4.45. The first-order chi connectivity index (χ1) is 15.4. The molecule has 1 aromatic carbocycles. The largest absolute Gasteiger partial charge is 0.466 e. The number of methoxy groups -OCH3 is 1. The van der Waals surface area contributed by atoms with Crippen molar-refractivity contribution < 1.29 is 32.7 Å². The first-order valence-electron chi connectivity index (χ1n) is 10.6. The Morgan fingerprint density at radius 2 is 1.77 bits per heavy atom. The predicted octanol–water partition coefficient (Wildman–Crippen LogP) is 4.25. The van der Waals surface area contributed by atoms with Crippen molar-refractivity contribution in [2.24, 2.45) is 0 Å². The van der Waals surface area contributed by atoms with Gasteiger partial charge in [-0.25, -0.2) is 9.59 Å². The molecule has 0 saturated heterocycles. The number of benzene rings is 1. The molecule has 2 rings (SSSR count). The van der Waals surface area contributed by atoms with E-state index in [0.29, 0.717) is 12.1 Å². The molecule has 1 aliphatic rings. The smallest absolute Gasteiger partial charge is 0.339 e. The van der Waals surface area contributed by atoms with Crippen molar-refractivity contribution in [2.45, 2.75) is 39.5 Å². The second-order valence-electron chi connectivity index (χ2n) is 6.48. The molecule has 1 atom stereocenters. The number of allylic oxidation sites excluding steroid dienone is 2. The highest BCUT2D eigenvalue weighted by atomic mass is 35.5. The highest BCUT2D eigenvalue weighted by Gasteiger charge is 2.39. The molecule has 1 aromatic rings. The normalized spacial score (nSPS) is 18.0. The van der Waals surface area contributed by atoms with Crippen LogP contribution < -0.4 is 5.32 Å². The molecule has 0 radical (unpaired) electrons. The molecule has 9 heteroatoms. The van der Waals surface area contributed by atoms with Gasteiger partial charge in [0.25, 0.3) is 0 Å².